The van der Waals surface area contributed by atoms with Crippen molar-refractivity contribution in [1.29, 1.82) is 5.26 Å². The summed E-state index contributed by atoms with van der Waals surface area (Å²) in [6, 6.07) is 8.15. The molecule has 9 heteroatoms. The number of amides is 1. The average Bonchev–Trinajstić information content (AvgIpc) is 3.22. The fraction of sp³-hybridized carbons (Fsp3) is 0.273. The van der Waals surface area contributed by atoms with Crippen LogP contribution in [0.3, 0.4) is 0 Å². The third-order valence-electron chi connectivity index (χ3n) is 5.17. The Morgan fingerprint density at radius 1 is 1.48 bits per heavy atom. The monoisotopic (exact) mass is 434 g/mol. The van der Waals surface area contributed by atoms with E-state index in [2.05, 4.69) is 37.5 Å². The highest BCUT2D eigenvalue weighted by molar-refractivity contribution is 7.17. The van der Waals surface area contributed by atoms with Crippen LogP contribution in [-0.4, -0.2) is 42.1 Å². The molecule has 1 aromatic carbocycles. The van der Waals surface area contributed by atoms with Crippen LogP contribution < -0.4 is 20.3 Å². The summed E-state index contributed by atoms with van der Waals surface area (Å²) >= 11 is 1.66. The van der Waals surface area contributed by atoms with Crippen LogP contribution in [0.4, 0.5) is 17.3 Å². The molecule has 31 heavy (non-hydrogen) atoms. The molecule has 0 radical (unpaired) electrons. The average molecular weight is 435 g/mol. The van der Waals surface area contributed by atoms with E-state index in [9.17, 15) is 4.79 Å². The standard InChI is InChI=1S/C22H22N6O2S/c1-3-20(29)25-15-6-7-17-18(13-31-19(17)9-15)28-8-4-5-16(12-28)26-22-24-11-14(10-23)21(27-22)30-2/h3,6-7,9,11,13,16H,1,4-5,8,12H2,2H3,(H,25,29)(H,24,26,27)/t16-/m1/s1. The predicted octanol–water partition coefficient (Wildman–Crippen LogP) is 3.78. The number of methoxy groups -OCH3 is 1. The zero-order chi connectivity index (χ0) is 21.8. The summed E-state index contributed by atoms with van der Waals surface area (Å²) in [6.07, 6.45) is 4.78. The molecule has 0 bridgehead atoms. The predicted molar refractivity (Wildman–Crippen MR) is 123 cm³/mol. The summed E-state index contributed by atoms with van der Waals surface area (Å²) in [5.74, 6) is 0.513. The molecule has 0 spiro atoms. The molecule has 1 fully saturated rings. The minimum absolute atomic E-state index is 0.174. The number of fused-ring (bicyclic) bond motifs is 1. The van der Waals surface area contributed by atoms with Crippen molar-refractivity contribution in [3.63, 3.8) is 0 Å². The molecule has 0 unspecified atom stereocenters. The van der Waals surface area contributed by atoms with Crippen LogP contribution in [0, 0.1) is 11.3 Å². The van der Waals surface area contributed by atoms with Gasteiger partial charge in [-0.25, -0.2) is 4.98 Å². The van der Waals surface area contributed by atoms with Crippen LogP contribution in [0.25, 0.3) is 10.1 Å². The van der Waals surface area contributed by atoms with Crippen LogP contribution in [0.2, 0.25) is 0 Å². The number of carbonyl (C=O) groups excluding carboxylic acids is 1. The minimum atomic E-state index is -0.220. The Balaban J connectivity index is 1.49. The molecule has 0 aliphatic carbocycles. The third-order valence-corrected chi connectivity index (χ3v) is 6.10. The Bertz CT molecular complexity index is 1170. The van der Waals surface area contributed by atoms with Gasteiger partial charge in [0.2, 0.25) is 17.7 Å². The first-order valence-corrected chi connectivity index (χ1v) is 10.8. The van der Waals surface area contributed by atoms with Crippen LogP contribution in [-0.2, 0) is 4.79 Å². The second-order valence-corrected chi connectivity index (χ2v) is 8.09. The van der Waals surface area contributed by atoms with Gasteiger partial charge >= 0.3 is 0 Å². The second kappa shape index (κ2) is 9.02. The lowest BCUT2D eigenvalue weighted by molar-refractivity contribution is -0.111. The van der Waals surface area contributed by atoms with Crippen LogP contribution in [0.1, 0.15) is 18.4 Å². The molecule has 0 saturated carbocycles. The van der Waals surface area contributed by atoms with E-state index in [1.54, 1.807) is 11.3 Å². The Labute approximate surface area is 184 Å². The number of nitriles is 1. The highest BCUT2D eigenvalue weighted by Crippen LogP contribution is 2.36. The van der Waals surface area contributed by atoms with Gasteiger partial charge in [-0.1, -0.05) is 6.58 Å². The van der Waals surface area contributed by atoms with Gasteiger partial charge in [0.1, 0.15) is 11.6 Å². The van der Waals surface area contributed by atoms with E-state index in [-0.39, 0.29) is 17.8 Å². The lowest BCUT2D eigenvalue weighted by Gasteiger charge is -2.34. The Morgan fingerprint density at radius 2 is 2.35 bits per heavy atom. The molecule has 4 rings (SSSR count). The van der Waals surface area contributed by atoms with E-state index in [1.807, 2.05) is 24.3 Å². The summed E-state index contributed by atoms with van der Waals surface area (Å²) in [6.45, 7) is 5.27. The molecule has 1 atom stereocenters. The van der Waals surface area contributed by atoms with Gasteiger partial charge < -0.3 is 20.3 Å². The van der Waals surface area contributed by atoms with E-state index in [4.69, 9.17) is 10.00 Å². The van der Waals surface area contributed by atoms with Crippen LogP contribution >= 0.6 is 11.3 Å². The number of aromatic nitrogens is 2. The molecule has 1 aliphatic heterocycles. The van der Waals surface area contributed by atoms with Crippen LogP contribution in [0.5, 0.6) is 5.88 Å². The van der Waals surface area contributed by atoms with E-state index in [1.165, 1.54) is 30.5 Å². The first kappa shape index (κ1) is 20.6. The highest BCUT2D eigenvalue weighted by Gasteiger charge is 2.23. The molecular weight excluding hydrogens is 412 g/mol. The van der Waals surface area contributed by atoms with E-state index >= 15 is 0 Å². The van der Waals surface area contributed by atoms with Crippen molar-refractivity contribution in [2.45, 2.75) is 18.9 Å². The quantitative estimate of drug-likeness (QED) is 0.569. The van der Waals surface area contributed by atoms with Crippen molar-refractivity contribution in [3.05, 3.63) is 48.0 Å². The maximum absolute atomic E-state index is 11.6. The van der Waals surface area contributed by atoms with Crippen molar-refractivity contribution in [2.24, 2.45) is 0 Å². The first-order chi connectivity index (χ1) is 15.1. The molecule has 1 aliphatic rings. The van der Waals surface area contributed by atoms with Gasteiger partial charge in [0.25, 0.3) is 0 Å². The number of anilines is 3. The SMILES string of the molecule is C=CC(=O)Nc1ccc2c(N3CCC[C@@H](Nc4ncc(C#N)c(OC)n4)C3)csc2c1. The maximum atomic E-state index is 11.6. The molecule has 1 saturated heterocycles. The second-order valence-electron chi connectivity index (χ2n) is 7.18. The van der Waals surface area contributed by atoms with Crippen molar-refractivity contribution >= 4 is 44.7 Å². The maximum Gasteiger partial charge on any atom is 0.247 e. The van der Waals surface area contributed by atoms with Gasteiger partial charge in [0, 0.05) is 40.3 Å². The zero-order valence-electron chi connectivity index (χ0n) is 17.1. The fourth-order valence-corrected chi connectivity index (χ4v) is 4.70. The van der Waals surface area contributed by atoms with Gasteiger partial charge in [-0.15, -0.1) is 11.3 Å². The molecule has 2 aromatic heterocycles. The largest absolute Gasteiger partial charge is 0.480 e. The Kier molecular flexibility index (Phi) is 6.00. The topological polar surface area (TPSA) is 103 Å². The van der Waals surface area contributed by atoms with Crippen molar-refractivity contribution in [2.75, 3.05) is 35.7 Å². The summed E-state index contributed by atoms with van der Waals surface area (Å²) in [7, 11) is 1.49. The number of benzene rings is 1. The number of thiophene rings is 1. The lowest BCUT2D eigenvalue weighted by atomic mass is 10.0. The molecule has 3 heterocycles. The Morgan fingerprint density at radius 3 is 3.13 bits per heavy atom. The summed E-state index contributed by atoms with van der Waals surface area (Å²) in [5, 5.41) is 18.6. The zero-order valence-corrected chi connectivity index (χ0v) is 17.9. The minimum Gasteiger partial charge on any atom is -0.480 e. The van der Waals surface area contributed by atoms with E-state index in [0.717, 1.165) is 36.3 Å². The fourth-order valence-electron chi connectivity index (χ4n) is 3.69. The van der Waals surface area contributed by atoms with Crippen molar-refractivity contribution < 1.29 is 9.53 Å². The van der Waals surface area contributed by atoms with Gasteiger partial charge in [-0.05, 0) is 37.1 Å². The third kappa shape index (κ3) is 4.44. The number of piperidine rings is 1. The number of nitrogens with zero attached hydrogens (tertiary/aromatic N) is 4. The van der Waals surface area contributed by atoms with Crippen molar-refractivity contribution in [3.8, 4) is 11.9 Å². The normalized spacial score (nSPS) is 15.9. The molecule has 8 nitrogen and oxygen atoms in total. The molecule has 1 amide bonds. The molecular formula is C22H22N6O2S. The highest BCUT2D eigenvalue weighted by atomic mass is 32.1. The number of nitrogens with one attached hydrogen (secondary N) is 2. The first-order valence-electron chi connectivity index (χ1n) is 9.88. The number of carbonyl (C=O) groups is 1. The number of ether oxygens (including phenoxy) is 1. The smallest absolute Gasteiger partial charge is 0.247 e. The summed E-state index contributed by atoms with van der Waals surface area (Å²) < 4.78 is 6.30. The van der Waals surface area contributed by atoms with E-state index in [0.29, 0.717) is 11.5 Å². The summed E-state index contributed by atoms with van der Waals surface area (Å²) in [5.41, 5.74) is 2.26. The molecule has 158 valence electrons. The Hall–Kier alpha value is -3.64. The van der Waals surface area contributed by atoms with Gasteiger partial charge in [0.05, 0.1) is 19.0 Å². The number of hydrogen-bond acceptors (Lipinski definition) is 8. The van der Waals surface area contributed by atoms with Gasteiger partial charge in [-0.3, -0.25) is 4.79 Å². The lowest BCUT2D eigenvalue weighted by Crippen LogP contribution is -2.42. The molecule has 3 aromatic rings. The van der Waals surface area contributed by atoms with Gasteiger partial charge in [0.15, 0.2) is 0 Å². The summed E-state index contributed by atoms with van der Waals surface area (Å²) in [4.78, 5) is 22.5. The van der Waals surface area contributed by atoms with Gasteiger partial charge in [-0.2, -0.15) is 10.2 Å². The van der Waals surface area contributed by atoms with Crippen molar-refractivity contribution in [1.82, 2.24) is 9.97 Å². The molecule has 2 N–H and O–H groups in total. The number of rotatable bonds is 6. The van der Waals surface area contributed by atoms with E-state index < -0.39 is 0 Å². The van der Waals surface area contributed by atoms with Crippen LogP contribution in [0.15, 0.2) is 42.4 Å². The number of hydrogen-bond donors (Lipinski definition) is 2.